The second kappa shape index (κ2) is 8.14. The molecule has 0 radical (unpaired) electrons. The van der Waals surface area contributed by atoms with Crippen LogP contribution in [0.2, 0.25) is 0 Å². The first-order valence-corrected chi connectivity index (χ1v) is 9.35. The van der Waals surface area contributed by atoms with Crippen LogP contribution in [0.25, 0.3) is 5.69 Å². The van der Waals surface area contributed by atoms with Crippen LogP contribution < -0.4 is 0 Å². The van der Waals surface area contributed by atoms with Crippen molar-refractivity contribution in [2.45, 2.75) is 6.10 Å². The van der Waals surface area contributed by atoms with Crippen molar-refractivity contribution in [2.24, 2.45) is 0 Å². The Kier molecular flexibility index (Phi) is 5.25. The van der Waals surface area contributed by atoms with E-state index in [1.807, 2.05) is 72.8 Å². The summed E-state index contributed by atoms with van der Waals surface area (Å²) in [6, 6.07) is 22.5. The minimum Gasteiger partial charge on any atom is -0.446 e. The molecule has 0 bridgehead atoms. The van der Waals surface area contributed by atoms with Gasteiger partial charge in [-0.3, -0.25) is 4.98 Å². The molecule has 0 aliphatic carbocycles. The molecule has 0 amide bonds. The standard InChI is InChI=1S/C21H15BrN4O2/c22-16-9-6-10-17(13-16)26-14-19(24-25-26)21(27)28-20(15-7-2-1-3-8-15)18-11-4-5-12-23-18/h1-14,20H. The summed E-state index contributed by atoms with van der Waals surface area (Å²) in [4.78, 5) is 17.1. The molecule has 0 saturated heterocycles. The first-order valence-electron chi connectivity index (χ1n) is 8.56. The van der Waals surface area contributed by atoms with Crippen molar-refractivity contribution in [3.8, 4) is 5.69 Å². The van der Waals surface area contributed by atoms with Crippen molar-refractivity contribution in [3.63, 3.8) is 0 Å². The highest BCUT2D eigenvalue weighted by Gasteiger charge is 2.23. The van der Waals surface area contributed by atoms with Crippen LogP contribution in [0, 0.1) is 0 Å². The molecule has 0 aliphatic rings. The van der Waals surface area contributed by atoms with E-state index in [1.54, 1.807) is 12.4 Å². The molecule has 1 atom stereocenters. The fraction of sp³-hybridized carbons (Fsp3) is 0.0476. The third-order valence-corrected chi connectivity index (χ3v) is 4.55. The normalized spacial score (nSPS) is 11.8. The molecule has 4 rings (SSSR count). The van der Waals surface area contributed by atoms with E-state index in [2.05, 4.69) is 31.2 Å². The zero-order valence-corrected chi connectivity index (χ0v) is 16.2. The average molecular weight is 435 g/mol. The summed E-state index contributed by atoms with van der Waals surface area (Å²) < 4.78 is 8.19. The average Bonchev–Trinajstić information content (AvgIpc) is 3.24. The van der Waals surface area contributed by atoms with Crippen molar-refractivity contribution in [3.05, 3.63) is 107 Å². The van der Waals surface area contributed by atoms with Crippen molar-refractivity contribution >= 4 is 21.9 Å². The molecular formula is C21H15BrN4O2. The topological polar surface area (TPSA) is 69.9 Å². The summed E-state index contributed by atoms with van der Waals surface area (Å²) >= 11 is 3.42. The highest BCUT2D eigenvalue weighted by Crippen LogP contribution is 2.25. The number of hydrogen-bond donors (Lipinski definition) is 0. The number of aromatic nitrogens is 4. The van der Waals surface area contributed by atoms with E-state index >= 15 is 0 Å². The van der Waals surface area contributed by atoms with Gasteiger partial charge < -0.3 is 4.74 Å². The lowest BCUT2D eigenvalue weighted by Gasteiger charge is -2.17. The molecule has 7 heteroatoms. The number of ether oxygens (including phenoxy) is 1. The molecule has 2 heterocycles. The van der Waals surface area contributed by atoms with E-state index in [1.165, 1.54) is 4.68 Å². The predicted molar refractivity (Wildman–Crippen MR) is 107 cm³/mol. The number of esters is 1. The van der Waals surface area contributed by atoms with E-state index in [4.69, 9.17) is 4.74 Å². The summed E-state index contributed by atoms with van der Waals surface area (Å²) in [5.74, 6) is -0.569. The van der Waals surface area contributed by atoms with E-state index in [0.717, 1.165) is 15.7 Å². The molecule has 2 aromatic heterocycles. The third-order valence-electron chi connectivity index (χ3n) is 4.06. The molecule has 0 N–H and O–H groups in total. The van der Waals surface area contributed by atoms with E-state index < -0.39 is 12.1 Å². The largest absolute Gasteiger partial charge is 0.446 e. The lowest BCUT2D eigenvalue weighted by atomic mass is 10.1. The SMILES string of the molecule is O=C(OC(c1ccccc1)c1ccccn1)c1cn(-c2cccc(Br)c2)nn1. The Balaban J connectivity index is 1.60. The molecule has 6 nitrogen and oxygen atoms in total. The smallest absolute Gasteiger partial charge is 0.361 e. The van der Waals surface area contributed by atoms with Gasteiger partial charge in [0.2, 0.25) is 0 Å². The summed E-state index contributed by atoms with van der Waals surface area (Å²) in [5, 5.41) is 8.00. The number of nitrogens with zero attached hydrogens (tertiary/aromatic N) is 4. The van der Waals surface area contributed by atoms with Gasteiger partial charge in [-0.25, -0.2) is 9.48 Å². The molecule has 4 aromatic rings. The van der Waals surface area contributed by atoms with Crippen LogP contribution in [-0.2, 0) is 4.74 Å². The zero-order chi connectivity index (χ0) is 19.3. The van der Waals surface area contributed by atoms with Crippen LogP contribution in [0.5, 0.6) is 0 Å². The molecular weight excluding hydrogens is 420 g/mol. The van der Waals surface area contributed by atoms with E-state index in [-0.39, 0.29) is 5.69 Å². The van der Waals surface area contributed by atoms with E-state index in [9.17, 15) is 4.79 Å². The molecule has 138 valence electrons. The van der Waals surface area contributed by atoms with Crippen molar-refractivity contribution in [2.75, 3.05) is 0 Å². The summed E-state index contributed by atoms with van der Waals surface area (Å²) in [6.45, 7) is 0. The molecule has 0 aliphatic heterocycles. The number of carbonyl (C=O) groups is 1. The number of hydrogen-bond acceptors (Lipinski definition) is 5. The van der Waals surface area contributed by atoms with Crippen LogP contribution in [-0.4, -0.2) is 25.9 Å². The van der Waals surface area contributed by atoms with E-state index in [0.29, 0.717) is 5.69 Å². The van der Waals surface area contributed by atoms with Gasteiger partial charge in [-0.15, -0.1) is 5.10 Å². The highest BCUT2D eigenvalue weighted by atomic mass is 79.9. The lowest BCUT2D eigenvalue weighted by molar-refractivity contribution is 0.0363. The number of halogens is 1. The second-order valence-electron chi connectivity index (χ2n) is 5.98. The van der Waals surface area contributed by atoms with Crippen LogP contribution >= 0.6 is 15.9 Å². The van der Waals surface area contributed by atoms with Gasteiger partial charge in [-0.05, 0) is 35.9 Å². The number of pyridine rings is 1. The maximum absolute atomic E-state index is 12.7. The minimum atomic E-state index is -0.633. The second-order valence-corrected chi connectivity index (χ2v) is 6.89. The van der Waals surface area contributed by atoms with Gasteiger partial charge in [0, 0.05) is 10.7 Å². The Bertz CT molecular complexity index is 1040. The predicted octanol–water partition coefficient (Wildman–Crippen LogP) is 4.37. The van der Waals surface area contributed by atoms with Gasteiger partial charge in [0.25, 0.3) is 0 Å². The number of benzene rings is 2. The Morgan fingerprint density at radius 1 is 1.00 bits per heavy atom. The Morgan fingerprint density at radius 2 is 1.82 bits per heavy atom. The van der Waals surface area contributed by atoms with Crippen LogP contribution in [0.3, 0.4) is 0 Å². The van der Waals surface area contributed by atoms with Crippen LogP contribution in [0.4, 0.5) is 0 Å². The summed E-state index contributed by atoms with van der Waals surface area (Å²) in [5.41, 5.74) is 2.37. The van der Waals surface area contributed by atoms with Gasteiger partial charge in [0.1, 0.15) is 0 Å². The Hall–Kier alpha value is -3.32. The molecule has 0 spiro atoms. The molecule has 28 heavy (non-hydrogen) atoms. The monoisotopic (exact) mass is 434 g/mol. The van der Waals surface area contributed by atoms with Crippen LogP contribution in [0.15, 0.2) is 89.7 Å². The van der Waals surface area contributed by atoms with Gasteiger partial charge in [-0.2, -0.15) is 0 Å². The lowest BCUT2D eigenvalue weighted by Crippen LogP contribution is -2.14. The molecule has 0 saturated carbocycles. The maximum atomic E-state index is 12.7. The summed E-state index contributed by atoms with van der Waals surface area (Å²) in [6.07, 6.45) is 2.58. The van der Waals surface area contributed by atoms with Crippen molar-refractivity contribution in [1.29, 1.82) is 0 Å². The summed E-state index contributed by atoms with van der Waals surface area (Å²) in [7, 11) is 0. The van der Waals surface area contributed by atoms with Gasteiger partial charge in [0.15, 0.2) is 11.8 Å². The fourth-order valence-corrected chi connectivity index (χ4v) is 3.11. The highest BCUT2D eigenvalue weighted by molar-refractivity contribution is 9.10. The quantitative estimate of drug-likeness (QED) is 0.436. The fourth-order valence-electron chi connectivity index (χ4n) is 2.73. The number of carbonyl (C=O) groups excluding carboxylic acids is 1. The third kappa shape index (κ3) is 3.99. The molecule has 1 unspecified atom stereocenters. The first-order chi connectivity index (χ1) is 13.7. The number of rotatable bonds is 5. The van der Waals surface area contributed by atoms with Crippen LogP contribution in [0.1, 0.15) is 27.8 Å². The van der Waals surface area contributed by atoms with Gasteiger partial charge in [-0.1, -0.05) is 63.6 Å². The van der Waals surface area contributed by atoms with Gasteiger partial charge in [0.05, 0.1) is 17.6 Å². The zero-order valence-electron chi connectivity index (χ0n) is 14.6. The molecule has 2 aromatic carbocycles. The Morgan fingerprint density at radius 3 is 2.57 bits per heavy atom. The van der Waals surface area contributed by atoms with Crippen molar-refractivity contribution in [1.82, 2.24) is 20.0 Å². The van der Waals surface area contributed by atoms with Gasteiger partial charge >= 0.3 is 5.97 Å². The van der Waals surface area contributed by atoms with Crippen molar-refractivity contribution < 1.29 is 9.53 Å². The first kappa shape index (κ1) is 18.1. The Labute approximate surface area is 169 Å². The minimum absolute atomic E-state index is 0.122. The maximum Gasteiger partial charge on any atom is 0.361 e. The molecule has 0 fully saturated rings.